The Morgan fingerprint density at radius 2 is 1.67 bits per heavy atom. The van der Waals surface area contributed by atoms with E-state index in [9.17, 15) is 4.57 Å². The molecule has 0 spiro atoms. The van der Waals surface area contributed by atoms with Gasteiger partial charge in [-0.05, 0) is 37.8 Å². The Balaban J connectivity index is 2.44. The zero-order valence-electron chi connectivity index (χ0n) is 14.9. The van der Waals surface area contributed by atoms with Crippen LogP contribution in [0.4, 0.5) is 0 Å². The lowest BCUT2D eigenvalue weighted by atomic mass is 10.1. The van der Waals surface area contributed by atoms with Crippen LogP contribution in [0.3, 0.4) is 0 Å². The van der Waals surface area contributed by atoms with Gasteiger partial charge in [0.1, 0.15) is 0 Å². The number of unbranched alkanes of at least 4 members (excludes halogenated alkanes) is 6. The Hall–Kier alpha value is -1.15. The summed E-state index contributed by atoms with van der Waals surface area (Å²) in [6.45, 7) is 10.1. The van der Waals surface area contributed by atoms with Crippen LogP contribution in [0.5, 0.6) is 0 Å². The molecule has 4 heteroatoms. The van der Waals surface area contributed by atoms with Crippen LogP contribution >= 0.6 is 7.60 Å². The molecule has 134 valence electrons. The molecular weight excluding hydrogens is 319 g/mol. The van der Waals surface area contributed by atoms with Crippen molar-refractivity contribution < 1.29 is 13.6 Å². The van der Waals surface area contributed by atoms with Gasteiger partial charge in [0.15, 0.2) is 0 Å². The van der Waals surface area contributed by atoms with Gasteiger partial charge in [-0.2, -0.15) is 0 Å². The standard InChI is InChI=1S/C20H31O3P/c1-4-7-8-9-10-11-12-15-18-23-24(21,22-6-3)20-17-14-13-16-19(20)5-2/h4-5,13-14,16-17H,1-2,6-12,15,18H2,3H3. The van der Waals surface area contributed by atoms with Gasteiger partial charge >= 0.3 is 7.60 Å². The SMILES string of the molecule is C=CCCCCCCCCOP(=O)(OCC)c1ccccc1C=C. The van der Waals surface area contributed by atoms with E-state index >= 15 is 0 Å². The maximum atomic E-state index is 13.1. The van der Waals surface area contributed by atoms with Crippen molar-refractivity contribution in [3.63, 3.8) is 0 Å². The predicted octanol–water partition coefficient (Wildman–Crippen LogP) is 6.12. The average Bonchev–Trinajstić information content (AvgIpc) is 2.60. The Morgan fingerprint density at radius 3 is 2.33 bits per heavy atom. The molecule has 0 bridgehead atoms. The van der Waals surface area contributed by atoms with Crippen molar-refractivity contribution in [1.82, 2.24) is 0 Å². The largest absolute Gasteiger partial charge is 0.361 e. The number of hydrogen-bond acceptors (Lipinski definition) is 3. The van der Waals surface area contributed by atoms with Crippen LogP contribution in [0.1, 0.15) is 57.4 Å². The van der Waals surface area contributed by atoms with E-state index in [0.717, 1.165) is 24.8 Å². The van der Waals surface area contributed by atoms with Crippen LogP contribution in [0.2, 0.25) is 0 Å². The Morgan fingerprint density at radius 1 is 1.00 bits per heavy atom. The van der Waals surface area contributed by atoms with Crippen molar-refractivity contribution in [1.29, 1.82) is 0 Å². The van der Waals surface area contributed by atoms with E-state index in [0.29, 0.717) is 18.5 Å². The Labute approximate surface area is 147 Å². The molecule has 1 unspecified atom stereocenters. The summed E-state index contributed by atoms with van der Waals surface area (Å²) >= 11 is 0. The van der Waals surface area contributed by atoms with Gasteiger partial charge < -0.3 is 9.05 Å². The zero-order valence-corrected chi connectivity index (χ0v) is 15.8. The van der Waals surface area contributed by atoms with Crippen molar-refractivity contribution in [2.75, 3.05) is 13.2 Å². The van der Waals surface area contributed by atoms with Crippen LogP contribution in [0.25, 0.3) is 6.08 Å². The molecule has 0 N–H and O–H groups in total. The first-order chi connectivity index (χ1) is 11.7. The van der Waals surface area contributed by atoms with Crippen LogP contribution < -0.4 is 5.30 Å². The summed E-state index contributed by atoms with van der Waals surface area (Å²) in [5, 5.41) is 0.603. The highest BCUT2D eigenvalue weighted by Crippen LogP contribution is 2.48. The molecule has 1 aromatic rings. The molecule has 0 aliphatic carbocycles. The third-order valence-corrected chi connectivity index (χ3v) is 5.93. The maximum Gasteiger partial charge on any atom is 0.361 e. The van der Waals surface area contributed by atoms with Crippen LogP contribution in [-0.2, 0) is 13.6 Å². The highest BCUT2D eigenvalue weighted by molar-refractivity contribution is 7.62. The molecule has 0 aliphatic rings. The quantitative estimate of drug-likeness (QED) is 0.230. The lowest BCUT2D eigenvalue weighted by Gasteiger charge is -2.19. The van der Waals surface area contributed by atoms with Crippen molar-refractivity contribution in [3.05, 3.63) is 49.1 Å². The first-order valence-corrected chi connectivity index (χ1v) is 10.4. The average molecular weight is 350 g/mol. The van der Waals surface area contributed by atoms with E-state index in [1.54, 1.807) is 12.1 Å². The summed E-state index contributed by atoms with van der Waals surface area (Å²) < 4.78 is 24.3. The minimum atomic E-state index is -3.28. The zero-order chi connectivity index (χ0) is 17.7. The van der Waals surface area contributed by atoms with E-state index in [1.807, 2.05) is 31.2 Å². The molecule has 1 rings (SSSR count). The predicted molar refractivity (Wildman–Crippen MR) is 104 cm³/mol. The molecule has 24 heavy (non-hydrogen) atoms. The maximum absolute atomic E-state index is 13.1. The van der Waals surface area contributed by atoms with Crippen molar-refractivity contribution >= 4 is 19.0 Å². The molecule has 0 aromatic heterocycles. The third kappa shape index (κ3) is 7.17. The first-order valence-electron chi connectivity index (χ1n) is 8.90. The topological polar surface area (TPSA) is 35.5 Å². The molecule has 0 radical (unpaired) electrons. The number of hydrogen-bond donors (Lipinski definition) is 0. The highest BCUT2D eigenvalue weighted by atomic mass is 31.2. The van der Waals surface area contributed by atoms with Gasteiger partial charge in [0.25, 0.3) is 0 Å². The molecule has 0 saturated heterocycles. The fraction of sp³-hybridized carbons (Fsp3) is 0.500. The fourth-order valence-corrected chi connectivity index (χ4v) is 4.35. The second kappa shape index (κ2) is 12.2. The van der Waals surface area contributed by atoms with Gasteiger partial charge in [0, 0.05) is 0 Å². The lowest BCUT2D eigenvalue weighted by molar-refractivity contribution is 0.217. The Kier molecular flexibility index (Phi) is 10.7. The Bertz CT molecular complexity index is 539. The summed E-state index contributed by atoms with van der Waals surface area (Å²) in [5.41, 5.74) is 0.802. The summed E-state index contributed by atoms with van der Waals surface area (Å²) in [5.74, 6) is 0. The van der Waals surface area contributed by atoms with Gasteiger partial charge in [-0.1, -0.05) is 62.6 Å². The summed E-state index contributed by atoms with van der Waals surface area (Å²) in [6.07, 6.45) is 11.6. The summed E-state index contributed by atoms with van der Waals surface area (Å²) in [6, 6.07) is 7.41. The fourth-order valence-electron chi connectivity index (χ4n) is 2.54. The van der Waals surface area contributed by atoms with Crippen molar-refractivity contribution in [2.24, 2.45) is 0 Å². The van der Waals surface area contributed by atoms with E-state index in [4.69, 9.17) is 9.05 Å². The van der Waals surface area contributed by atoms with E-state index in [-0.39, 0.29) is 0 Å². The minimum Gasteiger partial charge on any atom is -0.305 e. The van der Waals surface area contributed by atoms with E-state index in [1.165, 1.54) is 25.7 Å². The molecule has 0 fully saturated rings. The number of allylic oxidation sites excluding steroid dienone is 1. The first kappa shape index (κ1) is 20.9. The monoisotopic (exact) mass is 350 g/mol. The smallest absolute Gasteiger partial charge is 0.305 e. The van der Waals surface area contributed by atoms with Crippen LogP contribution in [0, 0.1) is 0 Å². The molecule has 1 atom stereocenters. The van der Waals surface area contributed by atoms with Gasteiger partial charge in [-0.15, -0.1) is 6.58 Å². The van der Waals surface area contributed by atoms with Gasteiger partial charge in [0.2, 0.25) is 0 Å². The van der Waals surface area contributed by atoms with Crippen molar-refractivity contribution in [2.45, 2.75) is 51.9 Å². The van der Waals surface area contributed by atoms with E-state index < -0.39 is 7.60 Å². The summed E-state index contributed by atoms with van der Waals surface area (Å²) in [7, 11) is -3.28. The van der Waals surface area contributed by atoms with Crippen LogP contribution in [0.15, 0.2) is 43.5 Å². The number of benzene rings is 1. The number of rotatable bonds is 14. The van der Waals surface area contributed by atoms with Crippen LogP contribution in [-0.4, -0.2) is 13.2 Å². The molecule has 0 aliphatic heterocycles. The van der Waals surface area contributed by atoms with Gasteiger partial charge in [0.05, 0.1) is 18.5 Å². The normalized spacial score (nSPS) is 13.4. The van der Waals surface area contributed by atoms with E-state index in [2.05, 4.69) is 13.2 Å². The third-order valence-electron chi connectivity index (χ3n) is 3.81. The molecular formula is C20H31O3P. The summed E-state index contributed by atoms with van der Waals surface area (Å²) in [4.78, 5) is 0. The lowest BCUT2D eigenvalue weighted by Crippen LogP contribution is -2.14. The van der Waals surface area contributed by atoms with Gasteiger partial charge in [-0.25, -0.2) is 0 Å². The molecule has 1 aromatic carbocycles. The van der Waals surface area contributed by atoms with Crippen molar-refractivity contribution in [3.8, 4) is 0 Å². The molecule has 3 nitrogen and oxygen atoms in total. The second-order valence-corrected chi connectivity index (χ2v) is 7.70. The molecule has 0 amide bonds. The van der Waals surface area contributed by atoms with Gasteiger partial charge in [-0.3, -0.25) is 4.57 Å². The second-order valence-electron chi connectivity index (χ2n) is 5.71. The highest BCUT2D eigenvalue weighted by Gasteiger charge is 2.28. The minimum absolute atomic E-state index is 0.353. The molecule has 0 heterocycles. The molecule has 0 saturated carbocycles.